The fraction of sp³-hybridized carbons (Fsp3) is 0. The lowest BCUT2D eigenvalue weighted by molar-refractivity contribution is 0.0984. The van der Waals surface area contributed by atoms with E-state index in [-0.39, 0.29) is 21.4 Å². The van der Waals surface area contributed by atoms with Crippen LogP contribution in [0.4, 0.5) is 8.78 Å². The number of nitrogens with zero attached hydrogens (tertiary/aromatic N) is 1. The van der Waals surface area contributed by atoms with Crippen molar-refractivity contribution in [1.29, 1.82) is 0 Å². The third-order valence-corrected chi connectivity index (χ3v) is 5.59. The third kappa shape index (κ3) is 3.13. The highest BCUT2D eigenvalue weighted by Gasteiger charge is 2.27. The quantitative estimate of drug-likeness (QED) is 0.521. The lowest BCUT2D eigenvalue weighted by Gasteiger charge is -2.07. The molecule has 2 aromatic heterocycles. The molecule has 0 atom stereocenters. The predicted octanol–water partition coefficient (Wildman–Crippen LogP) is 3.66. The van der Waals surface area contributed by atoms with Gasteiger partial charge in [0.25, 0.3) is 11.5 Å². The number of pyridine rings is 1. The van der Waals surface area contributed by atoms with E-state index < -0.39 is 28.9 Å². The number of amides is 1. The third-order valence-electron chi connectivity index (χ3n) is 4.38. The minimum atomic E-state index is -1.05. The number of halogens is 2. The Hall–Kier alpha value is -3.65. The second-order valence-corrected chi connectivity index (χ2v) is 7.18. The Morgan fingerprint density at radius 1 is 0.966 bits per heavy atom. The molecule has 0 fully saturated rings. The highest BCUT2D eigenvalue weighted by molar-refractivity contribution is 7.21. The highest BCUT2D eigenvalue weighted by atomic mass is 32.1. The molecule has 2 aromatic carbocycles. The van der Waals surface area contributed by atoms with Crippen LogP contribution in [0.15, 0.2) is 65.5 Å². The van der Waals surface area contributed by atoms with Crippen molar-refractivity contribution in [3.8, 4) is 5.69 Å². The first-order chi connectivity index (χ1) is 13.9. The minimum absolute atomic E-state index is 0.107. The molecule has 29 heavy (non-hydrogen) atoms. The van der Waals surface area contributed by atoms with Gasteiger partial charge in [0.05, 0.1) is 16.8 Å². The maximum atomic E-state index is 14.2. The molecule has 0 aliphatic heterocycles. The van der Waals surface area contributed by atoms with Crippen molar-refractivity contribution in [2.75, 3.05) is 0 Å². The second kappa shape index (κ2) is 7.06. The Morgan fingerprint density at radius 2 is 1.69 bits per heavy atom. The van der Waals surface area contributed by atoms with Crippen molar-refractivity contribution in [3.05, 3.63) is 98.7 Å². The van der Waals surface area contributed by atoms with Gasteiger partial charge in [-0.15, -0.1) is 11.3 Å². The molecule has 1 amide bonds. The summed E-state index contributed by atoms with van der Waals surface area (Å²) < 4.78 is 28.8. The van der Waals surface area contributed by atoms with E-state index in [0.29, 0.717) is 16.6 Å². The molecular weight excluding hydrogens is 398 g/mol. The van der Waals surface area contributed by atoms with Crippen LogP contribution in [-0.2, 0) is 0 Å². The van der Waals surface area contributed by atoms with Crippen molar-refractivity contribution in [2.45, 2.75) is 0 Å². The zero-order valence-corrected chi connectivity index (χ0v) is 15.5. The first-order valence-corrected chi connectivity index (χ1v) is 9.23. The molecule has 144 valence electrons. The molecule has 8 heteroatoms. The van der Waals surface area contributed by atoms with Gasteiger partial charge in [0.15, 0.2) is 5.78 Å². The SMILES string of the molecule is NC(=O)c1sc2c(ccc(=O)n2-c2ccccc2)c1C(=O)c1ccc(F)cc1F. The topological polar surface area (TPSA) is 82.2 Å². The number of rotatable bonds is 4. The van der Waals surface area contributed by atoms with Gasteiger partial charge in [-0.1, -0.05) is 18.2 Å². The summed E-state index contributed by atoms with van der Waals surface area (Å²) in [6.45, 7) is 0. The lowest BCUT2D eigenvalue weighted by Crippen LogP contribution is -2.17. The Labute approximate surface area is 166 Å². The van der Waals surface area contributed by atoms with E-state index in [2.05, 4.69) is 0 Å². The molecule has 0 saturated heterocycles. The Morgan fingerprint density at radius 3 is 2.34 bits per heavy atom. The predicted molar refractivity (Wildman–Crippen MR) is 106 cm³/mol. The van der Waals surface area contributed by atoms with Crippen molar-refractivity contribution in [2.24, 2.45) is 5.73 Å². The number of para-hydroxylation sites is 1. The van der Waals surface area contributed by atoms with Gasteiger partial charge in [-0.2, -0.15) is 0 Å². The van der Waals surface area contributed by atoms with E-state index in [1.54, 1.807) is 30.3 Å². The van der Waals surface area contributed by atoms with Gasteiger partial charge < -0.3 is 5.73 Å². The van der Waals surface area contributed by atoms with Crippen LogP contribution in [0.25, 0.3) is 15.9 Å². The first-order valence-electron chi connectivity index (χ1n) is 8.42. The summed E-state index contributed by atoms with van der Waals surface area (Å²) in [6.07, 6.45) is 0. The van der Waals surface area contributed by atoms with Crippen LogP contribution < -0.4 is 11.3 Å². The van der Waals surface area contributed by atoms with Gasteiger partial charge in [-0.3, -0.25) is 19.0 Å². The lowest BCUT2D eigenvalue weighted by atomic mass is 10.00. The van der Waals surface area contributed by atoms with E-state index in [1.807, 2.05) is 0 Å². The fourth-order valence-electron chi connectivity index (χ4n) is 3.11. The molecular formula is C21H12F2N2O3S. The van der Waals surface area contributed by atoms with Crippen LogP contribution in [0.2, 0.25) is 0 Å². The van der Waals surface area contributed by atoms with Crippen LogP contribution in [0.5, 0.6) is 0 Å². The fourth-order valence-corrected chi connectivity index (χ4v) is 4.28. The number of aromatic nitrogens is 1. The van der Waals surface area contributed by atoms with Crippen molar-refractivity contribution < 1.29 is 18.4 Å². The zero-order valence-electron chi connectivity index (χ0n) is 14.7. The number of primary amides is 1. The number of hydrogen-bond acceptors (Lipinski definition) is 4. The maximum Gasteiger partial charge on any atom is 0.259 e. The van der Waals surface area contributed by atoms with Crippen LogP contribution in [-0.4, -0.2) is 16.3 Å². The molecule has 4 rings (SSSR count). The highest BCUT2D eigenvalue weighted by Crippen LogP contribution is 2.33. The van der Waals surface area contributed by atoms with Crippen LogP contribution in [0.1, 0.15) is 25.6 Å². The van der Waals surface area contributed by atoms with Gasteiger partial charge >= 0.3 is 0 Å². The smallest absolute Gasteiger partial charge is 0.259 e. The van der Waals surface area contributed by atoms with E-state index in [4.69, 9.17) is 5.73 Å². The van der Waals surface area contributed by atoms with Crippen molar-refractivity contribution in [3.63, 3.8) is 0 Å². The van der Waals surface area contributed by atoms with Crippen LogP contribution in [0.3, 0.4) is 0 Å². The van der Waals surface area contributed by atoms with E-state index in [0.717, 1.165) is 23.5 Å². The van der Waals surface area contributed by atoms with Crippen LogP contribution in [0, 0.1) is 11.6 Å². The normalized spacial score (nSPS) is 11.0. The van der Waals surface area contributed by atoms with Crippen molar-refractivity contribution >= 4 is 33.2 Å². The number of hydrogen-bond donors (Lipinski definition) is 1. The number of carbonyl (C=O) groups excluding carboxylic acids is 2. The number of fused-ring (bicyclic) bond motifs is 1. The molecule has 0 radical (unpaired) electrons. The summed E-state index contributed by atoms with van der Waals surface area (Å²) in [4.78, 5) is 37.8. The largest absolute Gasteiger partial charge is 0.365 e. The summed E-state index contributed by atoms with van der Waals surface area (Å²) in [6, 6.07) is 13.9. The first kappa shape index (κ1) is 18.7. The molecule has 0 unspecified atom stereocenters. The molecule has 0 saturated carbocycles. The van der Waals surface area contributed by atoms with Gasteiger partial charge in [0.1, 0.15) is 21.3 Å². The Bertz CT molecular complexity index is 1340. The standard InChI is InChI=1S/C21H12F2N2O3S/c22-11-6-7-13(15(23)10-11)18(27)17-14-8-9-16(26)25(12-4-2-1-3-5-12)21(14)29-19(17)20(24)28/h1-10H,(H2,24,28). The average Bonchev–Trinajstić information content (AvgIpc) is 3.08. The van der Waals surface area contributed by atoms with Gasteiger partial charge in [-0.05, 0) is 30.3 Å². The molecule has 0 aliphatic rings. The van der Waals surface area contributed by atoms with E-state index in [9.17, 15) is 23.2 Å². The molecule has 0 aliphatic carbocycles. The zero-order chi connectivity index (χ0) is 20.7. The molecule has 0 bridgehead atoms. The van der Waals surface area contributed by atoms with Crippen LogP contribution >= 0.6 is 11.3 Å². The van der Waals surface area contributed by atoms with Gasteiger partial charge in [-0.25, -0.2) is 8.78 Å². The molecule has 2 N–H and O–H groups in total. The molecule has 4 aromatic rings. The molecule has 5 nitrogen and oxygen atoms in total. The Kier molecular flexibility index (Phi) is 4.56. The summed E-state index contributed by atoms with van der Waals surface area (Å²) in [7, 11) is 0. The summed E-state index contributed by atoms with van der Waals surface area (Å²) in [5, 5.41) is 0.279. The monoisotopic (exact) mass is 410 g/mol. The van der Waals surface area contributed by atoms with E-state index in [1.165, 1.54) is 16.7 Å². The van der Waals surface area contributed by atoms with Crippen molar-refractivity contribution in [1.82, 2.24) is 4.57 Å². The average molecular weight is 410 g/mol. The summed E-state index contributed by atoms with van der Waals surface area (Å²) in [5.41, 5.74) is 5.11. The number of nitrogens with two attached hydrogens (primary N) is 1. The number of ketones is 1. The summed E-state index contributed by atoms with van der Waals surface area (Å²) in [5.74, 6) is -3.59. The molecule has 0 spiro atoms. The number of thiophene rings is 1. The second-order valence-electron chi connectivity index (χ2n) is 6.19. The maximum absolute atomic E-state index is 14.2. The van der Waals surface area contributed by atoms with Gasteiger partial charge in [0, 0.05) is 17.5 Å². The molecule has 2 heterocycles. The summed E-state index contributed by atoms with van der Waals surface area (Å²) >= 11 is 0.871. The van der Waals surface area contributed by atoms with Gasteiger partial charge in [0.2, 0.25) is 0 Å². The van der Waals surface area contributed by atoms with E-state index >= 15 is 0 Å². The number of carbonyl (C=O) groups is 2. The minimum Gasteiger partial charge on any atom is -0.365 e. The Balaban J connectivity index is 2.04. The number of benzene rings is 2.